The van der Waals surface area contributed by atoms with Gasteiger partial charge in [-0.2, -0.15) is 0 Å². The van der Waals surface area contributed by atoms with Gasteiger partial charge in [0.1, 0.15) is 18.3 Å². The average Bonchev–Trinajstić information content (AvgIpc) is 3.46. The van der Waals surface area contributed by atoms with Crippen molar-refractivity contribution in [1.82, 2.24) is 9.47 Å². The predicted octanol–water partition coefficient (Wildman–Crippen LogP) is 6.56. The normalized spacial score (nSPS) is 13.8. The summed E-state index contributed by atoms with van der Waals surface area (Å²) >= 11 is 0. The van der Waals surface area contributed by atoms with E-state index in [9.17, 15) is 9.59 Å². The van der Waals surface area contributed by atoms with Gasteiger partial charge in [0.25, 0.3) is 0 Å². The van der Waals surface area contributed by atoms with E-state index in [0.717, 1.165) is 46.8 Å². The molecule has 1 N–H and O–H groups in total. The molecule has 7 nitrogen and oxygen atoms in total. The molecule has 1 aliphatic heterocycles. The molecule has 0 spiro atoms. The first kappa shape index (κ1) is 26.1. The van der Waals surface area contributed by atoms with Crippen LogP contribution in [0, 0.1) is 6.92 Å². The highest BCUT2D eigenvalue weighted by atomic mass is 16.5. The van der Waals surface area contributed by atoms with Crippen LogP contribution in [0.15, 0.2) is 91.1 Å². The molecule has 4 aromatic rings. The highest BCUT2D eigenvalue weighted by Crippen LogP contribution is 2.42. The molecule has 5 rings (SSSR count). The zero-order chi connectivity index (χ0) is 27.4. The van der Waals surface area contributed by atoms with Gasteiger partial charge in [-0.15, -0.1) is 0 Å². The molecule has 1 aliphatic rings. The number of ether oxygens (including phenoxy) is 1. The highest BCUT2D eigenvalue weighted by Gasteiger charge is 2.37. The van der Waals surface area contributed by atoms with Gasteiger partial charge in [-0.1, -0.05) is 55.3 Å². The Hall–Kier alpha value is -4.52. The van der Waals surface area contributed by atoms with Crippen molar-refractivity contribution in [2.24, 2.45) is 0 Å². The summed E-state index contributed by atoms with van der Waals surface area (Å²) in [4.78, 5) is 31.1. The lowest BCUT2D eigenvalue weighted by Gasteiger charge is -2.39. The summed E-state index contributed by atoms with van der Waals surface area (Å²) in [5.41, 5.74) is 5.50. The number of anilines is 2. The molecule has 0 fully saturated rings. The average molecular weight is 523 g/mol. The predicted molar refractivity (Wildman–Crippen MR) is 155 cm³/mol. The van der Waals surface area contributed by atoms with Gasteiger partial charge >= 0.3 is 6.03 Å². The van der Waals surface area contributed by atoms with E-state index < -0.39 is 0 Å². The second-order valence-corrected chi connectivity index (χ2v) is 9.80. The molecule has 0 bridgehead atoms. The Kier molecular flexibility index (Phi) is 7.68. The monoisotopic (exact) mass is 522 g/mol. The minimum atomic E-state index is -0.360. The Bertz CT molecular complexity index is 1440. The molecule has 0 aliphatic carbocycles. The summed E-state index contributed by atoms with van der Waals surface area (Å²) in [6.45, 7) is 4.52. The minimum Gasteiger partial charge on any atom is -0.497 e. The zero-order valence-corrected chi connectivity index (χ0v) is 22.6. The molecule has 1 aromatic heterocycles. The quantitative estimate of drug-likeness (QED) is 0.285. The Balaban J connectivity index is 1.50. The van der Waals surface area contributed by atoms with Crippen LogP contribution in [0.2, 0.25) is 0 Å². The van der Waals surface area contributed by atoms with Crippen molar-refractivity contribution in [2.45, 2.75) is 32.7 Å². The van der Waals surface area contributed by atoms with Crippen LogP contribution >= 0.6 is 0 Å². The lowest BCUT2D eigenvalue weighted by Crippen LogP contribution is -2.48. The Labute approximate surface area is 229 Å². The van der Waals surface area contributed by atoms with Gasteiger partial charge in [0.15, 0.2) is 0 Å². The summed E-state index contributed by atoms with van der Waals surface area (Å²) in [6, 6.07) is 26.8. The summed E-state index contributed by atoms with van der Waals surface area (Å²) in [7, 11) is 1.64. The number of urea groups is 1. The summed E-state index contributed by atoms with van der Waals surface area (Å²) in [5.74, 6) is 0.604. The molecule has 0 radical (unpaired) electrons. The molecular weight excluding hydrogens is 488 g/mol. The van der Waals surface area contributed by atoms with Gasteiger partial charge in [-0.05, 0) is 67.4 Å². The van der Waals surface area contributed by atoms with Crippen LogP contribution in [0.1, 0.15) is 42.6 Å². The molecule has 1 atom stereocenters. The molecule has 7 heteroatoms. The van der Waals surface area contributed by atoms with Crippen LogP contribution in [0.5, 0.6) is 5.75 Å². The lowest BCUT2D eigenvalue weighted by molar-refractivity contribution is -0.119. The standard InChI is InChI=1S/C32H34N4O3/c1-4-5-20-34(32(38)33-25-16-12-23(2)13-17-25)22-30(37)36-28-10-7-6-9-27(28)35-21-8-11-29(35)31(36)24-14-18-26(39-3)19-15-24/h6-19,21,31H,4-5,20,22H2,1-3H3,(H,33,38). The molecule has 0 saturated heterocycles. The molecular formula is C32H34N4O3. The lowest BCUT2D eigenvalue weighted by atomic mass is 9.97. The van der Waals surface area contributed by atoms with Gasteiger partial charge in [-0.3, -0.25) is 9.69 Å². The van der Waals surface area contributed by atoms with Gasteiger partial charge in [0.2, 0.25) is 5.91 Å². The van der Waals surface area contributed by atoms with Gasteiger partial charge < -0.3 is 19.5 Å². The van der Waals surface area contributed by atoms with Gasteiger partial charge in [0, 0.05) is 18.4 Å². The van der Waals surface area contributed by atoms with Crippen molar-refractivity contribution < 1.29 is 14.3 Å². The second kappa shape index (κ2) is 11.5. The summed E-state index contributed by atoms with van der Waals surface area (Å²) in [6.07, 6.45) is 3.74. The maximum Gasteiger partial charge on any atom is 0.322 e. The number of nitrogens with one attached hydrogen (secondary N) is 1. The fourth-order valence-corrected chi connectivity index (χ4v) is 5.04. The molecule has 2 heterocycles. The SMILES string of the molecule is CCCCN(CC(=O)N1c2ccccc2-n2cccc2C1c1ccc(OC)cc1)C(=O)Nc1ccc(C)cc1. The summed E-state index contributed by atoms with van der Waals surface area (Å²) in [5, 5.41) is 2.97. The second-order valence-electron chi connectivity index (χ2n) is 9.80. The number of nitrogens with zero attached hydrogens (tertiary/aromatic N) is 3. The molecule has 200 valence electrons. The van der Waals surface area contributed by atoms with E-state index in [1.165, 1.54) is 0 Å². The molecule has 39 heavy (non-hydrogen) atoms. The molecule has 0 saturated carbocycles. The summed E-state index contributed by atoms with van der Waals surface area (Å²) < 4.78 is 7.51. The number of methoxy groups -OCH3 is 1. The van der Waals surface area contributed by atoms with Crippen molar-refractivity contribution in [1.29, 1.82) is 0 Å². The first-order chi connectivity index (χ1) is 19.0. The maximum absolute atomic E-state index is 14.2. The first-order valence-electron chi connectivity index (χ1n) is 13.4. The van der Waals surface area contributed by atoms with Crippen LogP contribution < -0.4 is 15.0 Å². The van der Waals surface area contributed by atoms with Crippen molar-refractivity contribution in [3.63, 3.8) is 0 Å². The van der Waals surface area contributed by atoms with Crippen LogP contribution in [-0.2, 0) is 4.79 Å². The van der Waals surface area contributed by atoms with E-state index >= 15 is 0 Å². The number of amides is 3. The zero-order valence-electron chi connectivity index (χ0n) is 22.6. The Morgan fingerprint density at radius 3 is 2.33 bits per heavy atom. The van der Waals surface area contributed by atoms with Crippen molar-refractivity contribution in [3.8, 4) is 11.4 Å². The smallest absolute Gasteiger partial charge is 0.322 e. The van der Waals surface area contributed by atoms with E-state index in [2.05, 4.69) is 16.8 Å². The fourth-order valence-electron chi connectivity index (χ4n) is 5.04. The largest absolute Gasteiger partial charge is 0.497 e. The number of unbranched alkanes of at least 4 members (excludes halogenated alkanes) is 1. The minimum absolute atomic E-state index is 0.0423. The van der Waals surface area contributed by atoms with Crippen LogP contribution in [-0.4, -0.2) is 41.6 Å². The Morgan fingerprint density at radius 1 is 0.923 bits per heavy atom. The highest BCUT2D eigenvalue weighted by molar-refractivity contribution is 6.01. The number of benzene rings is 3. The number of carbonyl (C=O) groups excluding carboxylic acids is 2. The van der Waals surface area contributed by atoms with Crippen molar-refractivity contribution >= 4 is 23.3 Å². The van der Waals surface area contributed by atoms with E-state index in [1.54, 1.807) is 12.0 Å². The third-order valence-corrected chi connectivity index (χ3v) is 7.12. The van der Waals surface area contributed by atoms with E-state index in [4.69, 9.17) is 4.74 Å². The molecule has 3 amide bonds. The number of hydrogen-bond donors (Lipinski definition) is 1. The third-order valence-electron chi connectivity index (χ3n) is 7.12. The third kappa shape index (κ3) is 5.39. The van der Waals surface area contributed by atoms with Crippen molar-refractivity contribution in [2.75, 3.05) is 30.4 Å². The number of para-hydroxylation sites is 2. The number of aromatic nitrogens is 1. The van der Waals surface area contributed by atoms with Crippen LogP contribution in [0.25, 0.3) is 5.69 Å². The first-order valence-corrected chi connectivity index (χ1v) is 13.4. The molecule has 3 aromatic carbocycles. The maximum atomic E-state index is 14.2. The number of hydrogen-bond acceptors (Lipinski definition) is 3. The van der Waals surface area contributed by atoms with Crippen molar-refractivity contribution in [3.05, 3.63) is 108 Å². The number of aryl methyl sites for hydroxylation is 1. The number of carbonyl (C=O) groups is 2. The number of rotatable bonds is 8. The van der Waals surface area contributed by atoms with Gasteiger partial charge in [-0.25, -0.2) is 4.79 Å². The molecule has 1 unspecified atom stereocenters. The van der Waals surface area contributed by atoms with Gasteiger partial charge in [0.05, 0.1) is 24.2 Å². The Morgan fingerprint density at radius 2 is 1.64 bits per heavy atom. The number of fused-ring (bicyclic) bond motifs is 3. The van der Waals surface area contributed by atoms with E-state index in [-0.39, 0.29) is 24.5 Å². The topological polar surface area (TPSA) is 66.8 Å². The van der Waals surface area contributed by atoms with E-state index in [1.807, 2.05) is 103 Å². The fraction of sp³-hybridized carbons (Fsp3) is 0.250. The van der Waals surface area contributed by atoms with Crippen LogP contribution in [0.4, 0.5) is 16.2 Å². The van der Waals surface area contributed by atoms with E-state index in [0.29, 0.717) is 12.2 Å². The van der Waals surface area contributed by atoms with Crippen LogP contribution in [0.3, 0.4) is 0 Å².